The number of nitrogens with two attached hydrogens (primary N) is 1. The maximum atomic E-state index is 12.7. The van der Waals surface area contributed by atoms with Crippen molar-refractivity contribution in [3.05, 3.63) is 23.9 Å². The molecule has 1 aliphatic heterocycles. The van der Waals surface area contributed by atoms with Crippen molar-refractivity contribution in [2.24, 2.45) is 0 Å². The molecule has 1 saturated heterocycles. The molecule has 1 atom stereocenters. The van der Waals surface area contributed by atoms with Gasteiger partial charge in [0, 0.05) is 36.7 Å². The molecule has 1 aromatic heterocycles. The first-order chi connectivity index (χ1) is 10.1. The van der Waals surface area contributed by atoms with Gasteiger partial charge in [-0.2, -0.15) is 5.10 Å². The van der Waals surface area contributed by atoms with E-state index in [-0.39, 0.29) is 5.91 Å². The van der Waals surface area contributed by atoms with Gasteiger partial charge in [0.2, 0.25) is 0 Å². The monoisotopic (exact) mass is 287 g/mol. The molecule has 1 unspecified atom stereocenters. The van der Waals surface area contributed by atoms with Crippen molar-refractivity contribution in [2.45, 2.75) is 19.4 Å². The average molecular weight is 287 g/mol. The fourth-order valence-corrected chi connectivity index (χ4v) is 2.92. The molecule has 1 fully saturated rings. The number of nitrogens with one attached hydrogen (secondary N) is 1. The van der Waals surface area contributed by atoms with Gasteiger partial charge in [-0.15, -0.1) is 0 Å². The molecule has 2 heterocycles. The number of anilines is 1. The van der Waals surface area contributed by atoms with Crippen LogP contribution in [0.5, 0.6) is 0 Å². The lowest BCUT2D eigenvalue weighted by molar-refractivity contribution is 0.0538. The molecule has 0 saturated carbocycles. The van der Waals surface area contributed by atoms with Gasteiger partial charge < -0.3 is 10.6 Å². The second kappa shape index (κ2) is 5.37. The molecule has 6 heteroatoms. The number of nitrogen functional groups attached to an aromatic ring is 1. The highest BCUT2D eigenvalue weighted by Gasteiger charge is 2.28. The normalized spacial score (nSPS) is 20.1. The third kappa shape index (κ3) is 2.47. The van der Waals surface area contributed by atoms with Crippen molar-refractivity contribution in [3.8, 4) is 0 Å². The molecule has 0 bridgehead atoms. The van der Waals surface area contributed by atoms with Crippen molar-refractivity contribution in [1.82, 2.24) is 20.0 Å². The number of carbonyl (C=O) groups is 1. The van der Waals surface area contributed by atoms with E-state index in [1.165, 1.54) is 0 Å². The van der Waals surface area contributed by atoms with Gasteiger partial charge >= 0.3 is 0 Å². The van der Waals surface area contributed by atoms with E-state index in [4.69, 9.17) is 5.73 Å². The second-order valence-electron chi connectivity index (χ2n) is 5.67. The SMILES string of the molecule is CCC1CN(C(=O)c2n[nH]c3ccc(N)cc23)CCN1C. The van der Waals surface area contributed by atoms with Crippen LogP contribution in [0.1, 0.15) is 23.8 Å². The molecule has 21 heavy (non-hydrogen) atoms. The summed E-state index contributed by atoms with van der Waals surface area (Å²) in [4.78, 5) is 16.9. The molecule has 0 radical (unpaired) electrons. The van der Waals surface area contributed by atoms with E-state index in [9.17, 15) is 4.79 Å². The van der Waals surface area contributed by atoms with Crippen molar-refractivity contribution >= 4 is 22.5 Å². The van der Waals surface area contributed by atoms with E-state index in [0.29, 0.717) is 17.4 Å². The van der Waals surface area contributed by atoms with Crippen LogP contribution < -0.4 is 5.73 Å². The molecule has 3 rings (SSSR count). The number of aromatic nitrogens is 2. The summed E-state index contributed by atoms with van der Waals surface area (Å²) in [6.07, 6.45) is 1.04. The third-order valence-electron chi connectivity index (χ3n) is 4.33. The Balaban J connectivity index is 1.88. The summed E-state index contributed by atoms with van der Waals surface area (Å²) in [5.74, 6) is -0.0154. The number of amides is 1. The summed E-state index contributed by atoms with van der Waals surface area (Å²) >= 11 is 0. The lowest BCUT2D eigenvalue weighted by Gasteiger charge is -2.38. The Morgan fingerprint density at radius 2 is 2.29 bits per heavy atom. The Morgan fingerprint density at radius 1 is 1.48 bits per heavy atom. The van der Waals surface area contributed by atoms with Crippen molar-refractivity contribution in [1.29, 1.82) is 0 Å². The Hall–Kier alpha value is -2.08. The number of carbonyl (C=O) groups excluding carboxylic acids is 1. The Morgan fingerprint density at radius 3 is 3.05 bits per heavy atom. The van der Waals surface area contributed by atoms with E-state index in [1.54, 1.807) is 12.1 Å². The van der Waals surface area contributed by atoms with Gasteiger partial charge in [-0.25, -0.2) is 0 Å². The van der Waals surface area contributed by atoms with E-state index in [0.717, 1.165) is 37.0 Å². The van der Waals surface area contributed by atoms with Gasteiger partial charge in [0.25, 0.3) is 5.91 Å². The first kappa shape index (κ1) is 13.9. The lowest BCUT2D eigenvalue weighted by atomic mass is 10.1. The zero-order chi connectivity index (χ0) is 15.0. The number of hydrogen-bond donors (Lipinski definition) is 2. The summed E-state index contributed by atoms with van der Waals surface area (Å²) < 4.78 is 0. The number of aromatic amines is 1. The van der Waals surface area contributed by atoms with E-state index >= 15 is 0 Å². The molecule has 2 aromatic rings. The maximum Gasteiger partial charge on any atom is 0.275 e. The molecular weight excluding hydrogens is 266 g/mol. The minimum absolute atomic E-state index is 0.0154. The van der Waals surface area contributed by atoms with E-state index in [1.807, 2.05) is 11.0 Å². The van der Waals surface area contributed by atoms with Crippen molar-refractivity contribution in [3.63, 3.8) is 0 Å². The number of likely N-dealkylation sites (N-methyl/N-ethyl adjacent to an activating group) is 1. The molecule has 1 aliphatic rings. The Labute approximate surface area is 123 Å². The van der Waals surface area contributed by atoms with Gasteiger partial charge in [0.15, 0.2) is 5.69 Å². The summed E-state index contributed by atoms with van der Waals surface area (Å²) in [5.41, 5.74) is 7.77. The summed E-state index contributed by atoms with van der Waals surface area (Å²) in [6.45, 7) is 4.54. The highest BCUT2D eigenvalue weighted by molar-refractivity contribution is 6.05. The Bertz CT molecular complexity index is 665. The lowest BCUT2D eigenvalue weighted by Crippen LogP contribution is -2.53. The van der Waals surface area contributed by atoms with Gasteiger partial charge in [0.05, 0.1) is 5.52 Å². The highest BCUT2D eigenvalue weighted by Crippen LogP contribution is 2.21. The largest absolute Gasteiger partial charge is 0.399 e. The van der Waals surface area contributed by atoms with Crippen LogP contribution in [0.4, 0.5) is 5.69 Å². The standard InChI is InChI=1S/C15H21N5O/c1-3-11-9-20(7-6-19(11)2)15(21)14-12-8-10(16)4-5-13(12)17-18-14/h4-5,8,11H,3,6-7,9,16H2,1-2H3,(H,17,18). The van der Waals surface area contributed by atoms with Crippen LogP contribution in [0.15, 0.2) is 18.2 Å². The second-order valence-corrected chi connectivity index (χ2v) is 5.67. The van der Waals surface area contributed by atoms with Gasteiger partial charge in [-0.05, 0) is 31.7 Å². The van der Waals surface area contributed by atoms with Crippen LogP contribution in [0.25, 0.3) is 10.9 Å². The fraction of sp³-hybridized carbons (Fsp3) is 0.467. The number of H-pyrrole nitrogens is 1. The molecule has 1 aromatic carbocycles. The molecule has 112 valence electrons. The summed E-state index contributed by atoms with van der Waals surface area (Å²) in [5, 5.41) is 7.90. The number of rotatable bonds is 2. The van der Waals surface area contributed by atoms with Gasteiger partial charge in [-0.3, -0.25) is 14.8 Å². The smallest absolute Gasteiger partial charge is 0.275 e. The van der Waals surface area contributed by atoms with Crippen molar-refractivity contribution < 1.29 is 4.79 Å². The zero-order valence-electron chi connectivity index (χ0n) is 12.5. The number of nitrogens with zero attached hydrogens (tertiary/aromatic N) is 3. The van der Waals surface area contributed by atoms with Gasteiger partial charge in [-0.1, -0.05) is 6.92 Å². The number of piperazine rings is 1. The maximum absolute atomic E-state index is 12.7. The first-order valence-electron chi connectivity index (χ1n) is 7.33. The minimum atomic E-state index is -0.0154. The predicted molar refractivity (Wildman–Crippen MR) is 83.1 cm³/mol. The van der Waals surface area contributed by atoms with Crippen LogP contribution in [0.2, 0.25) is 0 Å². The van der Waals surface area contributed by atoms with Gasteiger partial charge in [0.1, 0.15) is 0 Å². The third-order valence-corrected chi connectivity index (χ3v) is 4.33. The first-order valence-corrected chi connectivity index (χ1v) is 7.33. The van der Waals surface area contributed by atoms with Crippen LogP contribution in [-0.2, 0) is 0 Å². The average Bonchev–Trinajstić information content (AvgIpc) is 2.90. The molecule has 0 spiro atoms. The van der Waals surface area contributed by atoms with Crippen LogP contribution in [0, 0.1) is 0 Å². The van der Waals surface area contributed by atoms with Crippen molar-refractivity contribution in [2.75, 3.05) is 32.4 Å². The fourth-order valence-electron chi connectivity index (χ4n) is 2.92. The summed E-state index contributed by atoms with van der Waals surface area (Å²) in [7, 11) is 2.11. The molecule has 6 nitrogen and oxygen atoms in total. The van der Waals surface area contributed by atoms with Crippen LogP contribution >= 0.6 is 0 Å². The molecule has 0 aliphatic carbocycles. The highest BCUT2D eigenvalue weighted by atomic mass is 16.2. The number of hydrogen-bond acceptors (Lipinski definition) is 4. The quantitative estimate of drug-likeness (QED) is 0.816. The van der Waals surface area contributed by atoms with Crippen LogP contribution in [-0.4, -0.2) is 58.6 Å². The number of benzene rings is 1. The Kier molecular flexibility index (Phi) is 3.55. The molecule has 1 amide bonds. The minimum Gasteiger partial charge on any atom is -0.399 e. The predicted octanol–water partition coefficient (Wildman–Crippen LogP) is 1.31. The zero-order valence-corrected chi connectivity index (χ0v) is 12.5. The van der Waals surface area contributed by atoms with E-state index in [2.05, 4.69) is 29.1 Å². The number of fused-ring (bicyclic) bond motifs is 1. The van der Waals surface area contributed by atoms with E-state index < -0.39 is 0 Å². The van der Waals surface area contributed by atoms with Crippen LogP contribution in [0.3, 0.4) is 0 Å². The topological polar surface area (TPSA) is 78.2 Å². The molecule has 3 N–H and O–H groups in total. The summed E-state index contributed by atoms with van der Waals surface area (Å²) in [6, 6.07) is 5.88. The molecular formula is C15H21N5O.